The number of benzene rings is 1. The number of fused-ring (bicyclic) bond motifs is 1. The van der Waals surface area contributed by atoms with Crippen LogP contribution in [0, 0.1) is 6.92 Å². The first-order valence-electron chi connectivity index (χ1n) is 8.62. The van der Waals surface area contributed by atoms with Crippen molar-refractivity contribution in [2.24, 2.45) is 0 Å². The molecule has 2 aromatic rings. The van der Waals surface area contributed by atoms with Crippen LogP contribution in [0.1, 0.15) is 36.9 Å². The molecule has 1 aromatic carbocycles. The molecule has 0 spiro atoms. The van der Waals surface area contributed by atoms with Gasteiger partial charge in [-0.25, -0.2) is 0 Å². The Labute approximate surface area is 138 Å². The Bertz CT molecular complexity index is 644. The number of H-pyrrole nitrogens is 1. The van der Waals surface area contributed by atoms with Crippen LogP contribution in [0.5, 0.6) is 5.75 Å². The number of methoxy groups -OCH3 is 1. The lowest BCUT2D eigenvalue weighted by atomic mass is 10.1. The first-order valence-corrected chi connectivity index (χ1v) is 8.62. The first-order chi connectivity index (χ1) is 11.2. The normalized spacial score (nSPS) is 18.2. The van der Waals surface area contributed by atoms with E-state index in [4.69, 9.17) is 9.47 Å². The van der Waals surface area contributed by atoms with Crippen molar-refractivity contribution in [1.82, 2.24) is 9.88 Å². The Hall–Kier alpha value is -1.52. The van der Waals surface area contributed by atoms with Crippen molar-refractivity contribution in [3.63, 3.8) is 0 Å². The first kappa shape index (κ1) is 16.3. The zero-order chi connectivity index (χ0) is 16.2. The van der Waals surface area contributed by atoms with Gasteiger partial charge >= 0.3 is 0 Å². The fourth-order valence-electron chi connectivity index (χ4n) is 3.46. The van der Waals surface area contributed by atoms with E-state index < -0.39 is 0 Å². The molecule has 1 aliphatic heterocycles. The van der Waals surface area contributed by atoms with Crippen molar-refractivity contribution in [2.45, 2.75) is 45.3 Å². The van der Waals surface area contributed by atoms with E-state index in [-0.39, 0.29) is 0 Å². The van der Waals surface area contributed by atoms with Crippen LogP contribution in [-0.4, -0.2) is 43.3 Å². The van der Waals surface area contributed by atoms with E-state index in [1.807, 2.05) is 6.07 Å². The average molecular weight is 316 g/mol. The van der Waals surface area contributed by atoms with Gasteiger partial charge in [-0.3, -0.25) is 0 Å². The number of nitrogens with zero attached hydrogens (tertiary/aromatic N) is 1. The Morgan fingerprint density at radius 3 is 3.00 bits per heavy atom. The lowest BCUT2D eigenvalue weighted by Gasteiger charge is -2.17. The largest absolute Gasteiger partial charge is 0.497 e. The van der Waals surface area contributed by atoms with Crippen molar-refractivity contribution < 1.29 is 9.47 Å². The van der Waals surface area contributed by atoms with E-state index in [2.05, 4.69) is 36.0 Å². The molecule has 1 aromatic heterocycles. The molecular weight excluding hydrogens is 288 g/mol. The molecular formula is C19H28N2O2. The molecule has 0 aliphatic carbocycles. The van der Waals surface area contributed by atoms with Gasteiger partial charge in [0.05, 0.1) is 13.2 Å². The van der Waals surface area contributed by atoms with Crippen LogP contribution < -0.4 is 4.74 Å². The van der Waals surface area contributed by atoms with Crippen LogP contribution in [0.4, 0.5) is 0 Å². The third-order valence-corrected chi connectivity index (χ3v) is 4.89. The molecule has 0 radical (unpaired) electrons. The quantitative estimate of drug-likeness (QED) is 0.842. The van der Waals surface area contributed by atoms with Crippen LogP contribution in [0.2, 0.25) is 0 Å². The molecule has 0 saturated carbocycles. The van der Waals surface area contributed by atoms with E-state index in [1.165, 1.54) is 47.8 Å². The van der Waals surface area contributed by atoms with Crippen molar-refractivity contribution in [3.05, 3.63) is 29.5 Å². The van der Waals surface area contributed by atoms with Gasteiger partial charge in [0.25, 0.3) is 0 Å². The Kier molecular flexibility index (Phi) is 5.23. The molecule has 0 bridgehead atoms. The summed E-state index contributed by atoms with van der Waals surface area (Å²) < 4.78 is 11.0. The average Bonchev–Trinajstić information content (AvgIpc) is 3.16. The maximum Gasteiger partial charge on any atom is 0.119 e. The molecule has 2 heterocycles. The summed E-state index contributed by atoms with van der Waals surface area (Å²) in [6.45, 7) is 5.21. The van der Waals surface area contributed by atoms with Gasteiger partial charge < -0.3 is 19.4 Å². The lowest BCUT2D eigenvalue weighted by Crippen LogP contribution is -2.21. The van der Waals surface area contributed by atoms with Crippen LogP contribution in [0.3, 0.4) is 0 Å². The summed E-state index contributed by atoms with van der Waals surface area (Å²) in [7, 11) is 3.91. The van der Waals surface area contributed by atoms with Crippen LogP contribution in [-0.2, 0) is 11.3 Å². The standard InChI is InChI=1S/C19H28N2O2/c1-14-17-12-16(22-3)8-9-18(17)20-19(14)13-21(2)10-4-6-15-7-5-11-23-15/h8-9,12,15,20H,4-7,10-11,13H2,1-3H3. The summed E-state index contributed by atoms with van der Waals surface area (Å²) in [5, 5.41) is 1.26. The van der Waals surface area contributed by atoms with Gasteiger partial charge in [0, 0.05) is 29.7 Å². The Morgan fingerprint density at radius 1 is 1.39 bits per heavy atom. The lowest BCUT2D eigenvalue weighted by molar-refractivity contribution is 0.0995. The van der Waals surface area contributed by atoms with Gasteiger partial charge in [-0.05, 0) is 70.0 Å². The van der Waals surface area contributed by atoms with E-state index in [9.17, 15) is 0 Å². The summed E-state index contributed by atoms with van der Waals surface area (Å²) in [6, 6.07) is 6.22. The number of hydrogen-bond acceptors (Lipinski definition) is 3. The summed E-state index contributed by atoms with van der Waals surface area (Å²) >= 11 is 0. The Morgan fingerprint density at radius 2 is 2.26 bits per heavy atom. The van der Waals surface area contributed by atoms with Gasteiger partial charge in [0.1, 0.15) is 5.75 Å². The molecule has 1 atom stereocenters. The van der Waals surface area contributed by atoms with Crippen molar-refractivity contribution in [1.29, 1.82) is 0 Å². The zero-order valence-electron chi connectivity index (χ0n) is 14.5. The van der Waals surface area contributed by atoms with Gasteiger partial charge in [-0.2, -0.15) is 0 Å². The number of hydrogen-bond donors (Lipinski definition) is 1. The van der Waals surface area contributed by atoms with Gasteiger partial charge in [0.15, 0.2) is 0 Å². The van der Waals surface area contributed by atoms with Crippen LogP contribution in [0.15, 0.2) is 18.2 Å². The molecule has 23 heavy (non-hydrogen) atoms. The highest BCUT2D eigenvalue weighted by Crippen LogP contribution is 2.26. The maximum atomic E-state index is 5.70. The highest BCUT2D eigenvalue weighted by Gasteiger charge is 2.15. The summed E-state index contributed by atoms with van der Waals surface area (Å²) in [6.07, 6.45) is 5.37. The van der Waals surface area contributed by atoms with E-state index in [1.54, 1.807) is 7.11 Å². The third kappa shape index (κ3) is 3.88. The van der Waals surface area contributed by atoms with E-state index in [0.29, 0.717) is 6.10 Å². The van der Waals surface area contributed by atoms with Crippen molar-refractivity contribution in [3.8, 4) is 5.75 Å². The van der Waals surface area contributed by atoms with Crippen molar-refractivity contribution >= 4 is 10.9 Å². The molecule has 1 saturated heterocycles. The van der Waals surface area contributed by atoms with E-state index in [0.717, 1.165) is 25.4 Å². The topological polar surface area (TPSA) is 37.5 Å². The zero-order valence-corrected chi connectivity index (χ0v) is 14.5. The minimum absolute atomic E-state index is 0.505. The summed E-state index contributed by atoms with van der Waals surface area (Å²) in [5.74, 6) is 0.913. The van der Waals surface area contributed by atoms with Gasteiger partial charge in [-0.15, -0.1) is 0 Å². The van der Waals surface area contributed by atoms with Crippen LogP contribution in [0.25, 0.3) is 10.9 Å². The second kappa shape index (κ2) is 7.37. The van der Waals surface area contributed by atoms with Crippen LogP contribution >= 0.6 is 0 Å². The predicted octanol–water partition coefficient (Wildman–Crippen LogP) is 3.88. The number of aromatic amines is 1. The number of ether oxygens (including phenoxy) is 2. The molecule has 1 unspecified atom stereocenters. The molecule has 3 rings (SSSR count). The minimum atomic E-state index is 0.505. The second-order valence-electron chi connectivity index (χ2n) is 6.66. The number of nitrogens with one attached hydrogen (secondary N) is 1. The SMILES string of the molecule is COc1ccc2[nH]c(CN(C)CCCC3CCCO3)c(C)c2c1. The molecule has 1 fully saturated rings. The number of aromatic nitrogens is 1. The Balaban J connectivity index is 1.58. The highest BCUT2D eigenvalue weighted by molar-refractivity contribution is 5.85. The molecule has 126 valence electrons. The number of rotatable bonds is 7. The number of aryl methyl sites for hydroxylation is 1. The minimum Gasteiger partial charge on any atom is -0.497 e. The molecule has 1 aliphatic rings. The molecule has 4 nitrogen and oxygen atoms in total. The smallest absolute Gasteiger partial charge is 0.119 e. The van der Waals surface area contributed by atoms with E-state index >= 15 is 0 Å². The fourth-order valence-corrected chi connectivity index (χ4v) is 3.46. The highest BCUT2D eigenvalue weighted by atomic mass is 16.5. The molecule has 0 amide bonds. The third-order valence-electron chi connectivity index (χ3n) is 4.89. The summed E-state index contributed by atoms with van der Waals surface area (Å²) in [4.78, 5) is 5.95. The monoisotopic (exact) mass is 316 g/mol. The van der Waals surface area contributed by atoms with Gasteiger partial charge in [-0.1, -0.05) is 0 Å². The second-order valence-corrected chi connectivity index (χ2v) is 6.66. The maximum absolute atomic E-state index is 5.70. The fraction of sp³-hybridized carbons (Fsp3) is 0.579. The molecule has 1 N–H and O–H groups in total. The van der Waals surface area contributed by atoms with Crippen molar-refractivity contribution in [2.75, 3.05) is 27.3 Å². The molecule has 4 heteroatoms. The summed E-state index contributed by atoms with van der Waals surface area (Å²) in [5.41, 5.74) is 3.81. The van der Waals surface area contributed by atoms with Gasteiger partial charge in [0.2, 0.25) is 0 Å². The predicted molar refractivity (Wildman–Crippen MR) is 94.1 cm³/mol.